The van der Waals surface area contributed by atoms with Crippen LogP contribution in [0.15, 0.2) is 56.9 Å². The Bertz CT molecular complexity index is 1520. The predicted octanol–water partition coefficient (Wildman–Crippen LogP) is 3.49. The average Bonchev–Trinajstić information content (AvgIpc) is 3.66. The molecule has 208 valence electrons. The number of hydrogen-bond donors (Lipinski definition) is 0. The molecule has 3 aliphatic heterocycles. The molecule has 12 heteroatoms. The highest BCUT2D eigenvalue weighted by Crippen LogP contribution is 2.53. The summed E-state index contributed by atoms with van der Waals surface area (Å²) >= 11 is 2.16. The van der Waals surface area contributed by atoms with E-state index >= 15 is 0 Å². The summed E-state index contributed by atoms with van der Waals surface area (Å²) in [5.74, 6) is -2.42. The average molecular weight is 582 g/mol. The van der Waals surface area contributed by atoms with Crippen LogP contribution in [0.4, 0.5) is 5.69 Å². The molecule has 0 saturated carbocycles. The van der Waals surface area contributed by atoms with Crippen molar-refractivity contribution in [1.29, 1.82) is 0 Å². The molecule has 0 aliphatic carbocycles. The van der Waals surface area contributed by atoms with Gasteiger partial charge >= 0.3 is 10.8 Å². The normalized spacial score (nSPS) is 22.3. The van der Waals surface area contributed by atoms with E-state index < -0.39 is 34.9 Å². The van der Waals surface area contributed by atoms with E-state index in [1.807, 2.05) is 0 Å². The molecule has 40 heavy (non-hydrogen) atoms. The number of thiazole rings is 1. The number of carbonyl (C=O) groups is 4. The molecule has 1 aromatic carbocycles. The SMILES string of the molecule is CCOC(=O)c1ccc(N2C(=O)C3Sc4c(sc(=O)n4CC(=O)N4CCCCC4)[C@H](c4ccco4)C3C2=O)cc1. The van der Waals surface area contributed by atoms with Gasteiger partial charge in [0.25, 0.3) is 0 Å². The minimum Gasteiger partial charge on any atom is -0.469 e. The van der Waals surface area contributed by atoms with Crippen molar-refractivity contribution in [3.05, 3.63) is 68.5 Å². The molecule has 3 aliphatic rings. The van der Waals surface area contributed by atoms with E-state index in [1.54, 1.807) is 36.1 Å². The number of likely N-dealkylation sites (tertiary alicyclic amines) is 1. The highest BCUT2D eigenvalue weighted by Gasteiger charge is 2.57. The molecule has 0 N–H and O–H groups in total. The number of anilines is 1. The highest BCUT2D eigenvalue weighted by molar-refractivity contribution is 8.00. The second kappa shape index (κ2) is 10.7. The number of piperidine rings is 1. The predicted molar refractivity (Wildman–Crippen MR) is 148 cm³/mol. The molecular weight excluding hydrogens is 554 g/mol. The topological polar surface area (TPSA) is 119 Å². The molecule has 3 amide bonds. The summed E-state index contributed by atoms with van der Waals surface area (Å²) in [6.45, 7) is 3.18. The van der Waals surface area contributed by atoms with E-state index in [2.05, 4.69) is 0 Å². The third kappa shape index (κ3) is 4.48. The Hall–Kier alpha value is -3.64. The lowest BCUT2D eigenvalue weighted by Gasteiger charge is -2.30. The van der Waals surface area contributed by atoms with Crippen molar-refractivity contribution in [2.45, 2.75) is 48.9 Å². The first-order valence-electron chi connectivity index (χ1n) is 13.3. The number of esters is 1. The number of thioether (sulfide) groups is 1. The molecule has 0 bridgehead atoms. The van der Waals surface area contributed by atoms with Gasteiger partial charge in [0.05, 0.1) is 45.9 Å². The molecule has 5 heterocycles. The first kappa shape index (κ1) is 26.6. The largest absolute Gasteiger partial charge is 0.469 e. The molecule has 2 aromatic heterocycles. The van der Waals surface area contributed by atoms with Crippen LogP contribution in [0.1, 0.15) is 53.1 Å². The molecule has 10 nitrogen and oxygen atoms in total. The van der Waals surface area contributed by atoms with Crippen LogP contribution in [0.3, 0.4) is 0 Å². The van der Waals surface area contributed by atoms with Crippen LogP contribution in [0.2, 0.25) is 0 Å². The summed E-state index contributed by atoms with van der Waals surface area (Å²) in [7, 11) is 0. The van der Waals surface area contributed by atoms with Gasteiger partial charge in [-0.05, 0) is 62.6 Å². The van der Waals surface area contributed by atoms with Crippen LogP contribution in [-0.2, 0) is 25.7 Å². The van der Waals surface area contributed by atoms with Crippen molar-refractivity contribution in [3.8, 4) is 0 Å². The summed E-state index contributed by atoms with van der Waals surface area (Å²) in [4.78, 5) is 69.3. The summed E-state index contributed by atoms with van der Waals surface area (Å²) in [5, 5.41) is -0.283. The van der Waals surface area contributed by atoms with Gasteiger partial charge in [-0.1, -0.05) is 23.1 Å². The minimum absolute atomic E-state index is 0.110. The Labute approximate surface area is 237 Å². The molecule has 0 spiro atoms. The fraction of sp³-hybridized carbons (Fsp3) is 0.393. The lowest BCUT2D eigenvalue weighted by atomic mass is 9.87. The van der Waals surface area contributed by atoms with Crippen LogP contribution in [0.5, 0.6) is 0 Å². The van der Waals surface area contributed by atoms with Gasteiger partial charge in [-0.25, -0.2) is 9.69 Å². The molecule has 2 fully saturated rings. The van der Waals surface area contributed by atoms with E-state index in [1.165, 1.54) is 23.0 Å². The molecule has 6 rings (SSSR count). The van der Waals surface area contributed by atoms with Crippen LogP contribution >= 0.6 is 23.1 Å². The number of benzene rings is 1. The van der Waals surface area contributed by atoms with Gasteiger partial charge in [-0.2, -0.15) is 0 Å². The third-order valence-electron chi connectivity index (χ3n) is 7.54. The van der Waals surface area contributed by atoms with Gasteiger partial charge in [0, 0.05) is 13.1 Å². The summed E-state index contributed by atoms with van der Waals surface area (Å²) in [6, 6.07) is 9.59. The van der Waals surface area contributed by atoms with Crippen molar-refractivity contribution in [2.24, 2.45) is 5.92 Å². The van der Waals surface area contributed by atoms with Gasteiger partial charge in [0.15, 0.2) is 0 Å². The quantitative estimate of drug-likeness (QED) is 0.321. The number of fused-ring (bicyclic) bond motifs is 2. The maximum atomic E-state index is 13.9. The van der Waals surface area contributed by atoms with Gasteiger partial charge in [-0.3, -0.25) is 23.7 Å². The lowest BCUT2D eigenvalue weighted by molar-refractivity contribution is -0.133. The number of imide groups is 1. The van der Waals surface area contributed by atoms with E-state index in [0.717, 1.165) is 47.3 Å². The summed E-state index contributed by atoms with van der Waals surface area (Å²) in [5.41, 5.74) is 0.659. The van der Waals surface area contributed by atoms with E-state index in [0.29, 0.717) is 40.0 Å². The Balaban J connectivity index is 1.36. The second-order valence-corrected chi connectivity index (χ2v) is 12.0. The van der Waals surface area contributed by atoms with Gasteiger partial charge in [0.2, 0.25) is 17.7 Å². The maximum absolute atomic E-state index is 13.9. The van der Waals surface area contributed by atoms with E-state index in [9.17, 15) is 24.0 Å². The standard InChI is InChI=1S/C28H27N3O7S2/c1-2-37-27(35)16-8-10-17(11-9-16)31-24(33)21-20(18-7-6-14-38-18)23-26(39-22(21)25(31)34)30(28(36)40-23)15-19(32)29-12-4-3-5-13-29/h6-11,14,20-22H,2-5,12-13,15H2,1H3/t20-,21?,22?/m1/s1. The minimum atomic E-state index is -0.815. The number of furan rings is 1. The van der Waals surface area contributed by atoms with Gasteiger partial charge < -0.3 is 14.1 Å². The van der Waals surface area contributed by atoms with Crippen molar-refractivity contribution in [2.75, 3.05) is 24.6 Å². The second-order valence-electron chi connectivity index (χ2n) is 9.90. The fourth-order valence-electron chi connectivity index (χ4n) is 5.62. The monoisotopic (exact) mass is 581 g/mol. The van der Waals surface area contributed by atoms with Crippen LogP contribution in [0.25, 0.3) is 0 Å². The Morgan fingerprint density at radius 2 is 1.77 bits per heavy atom. The molecular formula is C28H27N3O7S2. The van der Waals surface area contributed by atoms with Crippen LogP contribution in [-0.4, -0.2) is 58.1 Å². The zero-order chi connectivity index (χ0) is 28.0. The number of amides is 3. The summed E-state index contributed by atoms with van der Waals surface area (Å²) in [6.07, 6.45) is 4.46. The van der Waals surface area contributed by atoms with Crippen molar-refractivity contribution in [3.63, 3.8) is 0 Å². The Morgan fingerprint density at radius 3 is 2.45 bits per heavy atom. The first-order valence-corrected chi connectivity index (χ1v) is 14.9. The highest BCUT2D eigenvalue weighted by atomic mass is 32.2. The molecule has 2 saturated heterocycles. The maximum Gasteiger partial charge on any atom is 0.338 e. The molecule has 0 radical (unpaired) electrons. The zero-order valence-corrected chi connectivity index (χ0v) is 23.4. The number of nitrogens with zero attached hydrogens (tertiary/aromatic N) is 3. The lowest BCUT2D eigenvalue weighted by Crippen LogP contribution is -2.39. The van der Waals surface area contributed by atoms with E-state index in [-0.39, 0.29) is 23.9 Å². The zero-order valence-electron chi connectivity index (χ0n) is 21.7. The smallest absolute Gasteiger partial charge is 0.338 e. The fourth-order valence-corrected chi connectivity index (χ4v) is 8.38. The first-order chi connectivity index (χ1) is 19.4. The number of hydrogen-bond acceptors (Lipinski definition) is 9. The Morgan fingerprint density at radius 1 is 1.02 bits per heavy atom. The molecule has 2 unspecified atom stereocenters. The van der Waals surface area contributed by atoms with Crippen LogP contribution in [0, 0.1) is 5.92 Å². The van der Waals surface area contributed by atoms with Crippen LogP contribution < -0.4 is 9.77 Å². The number of aromatic nitrogens is 1. The van der Waals surface area contributed by atoms with Crippen molar-refractivity contribution < 1.29 is 28.3 Å². The third-order valence-corrected chi connectivity index (χ3v) is 10.1. The number of rotatable bonds is 6. The number of carbonyl (C=O) groups excluding carboxylic acids is 4. The molecule has 3 aromatic rings. The van der Waals surface area contributed by atoms with Crippen molar-refractivity contribution in [1.82, 2.24) is 9.47 Å². The molecule has 3 atom stereocenters. The summed E-state index contributed by atoms with van der Waals surface area (Å²) < 4.78 is 12.2. The van der Waals surface area contributed by atoms with Crippen molar-refractivity contribution >= 4 is 52.5 Å². The van der Waals surface area contributed by atoms with Gasteiger partial charge in [-0.15, -0.1) is 0 Å². The van der Waals surface area contributed by atoms with E-state index in [4.69, 9.17) is 9.15 Å². The Kier molecular flexibility index (Phi) is 7.13. The number of ether oxygens (including phenoxy) is 1. The van der Waals surface area contributed by atoms with Gasteiger partial charge in [0.1, 0.15) is 17.6 Å².